The van der Waals surface area contributed by atoms with Gasteiger partial charge in [0, 0.05) is 42.6 Å². The van der Waals surface area contributed by atoms with Crippen molar-refractivity contribution >= 4 is 28.9 Å². The minimum absolute atomic E-state index is 0.0969. The van der Waals surface area contributed by atoms with E-state index < -0.39 is 5.41 Å². The van der Waals surface area contributed by atoms with Crippen LogP contribution in [0.3, 0.4) is 0 Å². The van der Waals surface area contributed by atoms with Crippen LogP contribution in [-0.4, -0.2) is 44.0 Å². The van der Waals surface area contributed by atoms with Crippen molar-refractivity contribution in [3.63, 3.8) is 0 Å². The number of hydrogen-bond donors (Lipinski definition) is 1. The summed E-state index contributed by atoms with van der Waals surface area (Å²) in [5.41, 5.74) is 2.71. The van der Waals surface area contributed by atoms with Crippen LogP contribution in [-0.2, 0) is 10.2 Å². The van der Waals surface area contributed by atoms with Crippen LogP contribution >= 0.6 is 11.6 Å². The molecule has 1 aliphatic heterocycles. The number of nitrogens with zero attached hydrogens (tertiary/aromatic N) is 2. The molecule has 5 heteroatoms. The summed E-state index contributed by atoms with van der Waals surface area (Å²) in [5.74, 6) is 0.0969. The Bertz CT molecular complexity index is 805. The highest BCUT2D eigenvalue weighted by Crippen LogP contribution is 2.42. The standard InChI is InChI=1S/C23H28ClN3O/c1-26-14-16-27(17-15-26)21-10-8-20(9-11-21)25-22(28)23(12-2-3-13-23)18-4-6-19(24)7-5-18/h4-11H,2-3,12-17H2,1H3,(H,25,28). The number of hydrogen-bond acceptors (Lipinski definition) is 3. The maximum absolute atomic E-state index is 13.3. The van der Waals surface area contributed by atoms with Gasteiger partial charge >= 0.3 is 0 Å². The Kier molecular flexibility index (Phi) is 5.61. The molecule has 0 bridgehead atoms. The molecule has 2 aromatic carbocycles. The van der Waals surface area contributed by atoms with Gasteiger partial charge in [-0.2, -0.15) is 0 Å². The van der Waals surface area contributed by atoms with Gasteiger partial charge in [-0.15, -0.1) is 0 Å². The lowest BCUT2D eigenvalue weighted by Crippen LogP contribution is -2.44. The van der Waals surface area contributed by atoms with Crippen LogP contribution in [0.4, 0.5) is 11.4 Å². The van der Waals surface area contributed by atoms with E-state index in [0.717, 1.165) is 63.1 Å². The number of nitrogens with one attached hydrogen (secondary N) is 1. The van der Waals surface area contributed by atoms with Gasteiger partial charge in [0.25, 0.3) is 0 Å². The topological polar surface area (TPSA) is 35.6 Å². The molecule has 1 saturated carbocycles. The van der Waals surface area contributed by atoms with Crippen LogP contribution in [0.25, 0.3) is 0 Å². The van der Waals surface area contributed by atoms with Crippen molar-refractivity contribution in [2.45, 2.75) is 31.1 Å². The van der Waals surface area contributed by atoms with E-state index in [4.69, 9.17) is 11.6 Å². The van der Waals surface area contributed by atoms with Crippen molar-refractivity contribution < 1.29 is 4.79 Å². The van der Waals surface area contributed by atoms with E-state index in [2.05, 4.69) is 34.3 Å². The van der Waals surface area contributed by atoms with E-state index in [0.29, 0.717) is 5.02 Å². The van der Waals surface area contributed by atoms with Gasteiger partial charge in [-0.1, -0.05) is 36.6 Å². The second-order valence-electron chi connectivity index (χ2n) is 8.09. The van der Waals surface area contributed by atoms with Gasteiger partial charge < -0.3 is 15.1 Å². The van der Waals surface area contributed by atoms with Gasteiger partial charge in [0.2, 0.25) is 5.91 Å². The number of carbonyl (C=O) groups excluding carboxylic acids is 1. The summed E-state index contributed by atoms with van der Waals surface area (Å²) < 4.78 is 0. The second-order valence-corrected chi connectivity index (χ2v) is 8.52. The molecule has 28 heavy (non-hydrogen) atoms. The van der Waals surface area contributed by atoms with Crippen LogP contribution in [0, 0.1) is 0 Å². The van der Waals surface area contributed by atoms with Crippen molar-refractivity contribution in [3.8, 4) is 0 Å². The highest BCUT2D eigenvalue weighted by atomic mass is 35.5. The fourth-order valence-electron chi connectivity index (χ4n) is 4.47. The van der Waals surface area contributed by atoms with Crippen molar-refractivity contribution in [1.82, 2.24) is 4.90 Å². The zero-order valence-corrected chi connectivity index (χ0v) is 17.2. The minimum Gasteiger partial charge on any atom is -0.369 e. The number of rotatable bonds is 4. The lowest BCUT2D eigenvalue weighted by molar-refractivity contribution is -0.121. The summed E-state index contributed by atoms with van der Waals surface area (Å²) in [6, 6.07) is 16.1. The summed E-state index contributed by atoms with van der Waals surface area (Å²) in [6.45, 7) is 4.26. The van der Waals surface area contributed by atoms with Crippen LogP contribution in [0.1, 0.15) is 31.2 Å². The maximum Gasteiger partial charge on any atom is 0.235 e. The second kappa shape index (κ2) is 8.14. The molecule has 0 aromatic heterocycles. The molecule has 2 aromatic rings. The fraction of sp³-hybridized carbons (Fsp3) is 0.435. The zero-order chi connectivity index (χ0) is 19.6. The Hall–Kier alpha value is -2.04. The van der Waals surface area contributed by atoms with E-state index in [9.17, 15) is 4.79 Å². The average molecular weight is 398 g/mol. The molecule has 0 spiro atoms. The molecule has 1 amide bonds. The molecule has 2 fully saturated rings. The fourth-order valence-corrected chi connectivity index (χ4v) is 4.59. The molecule has 0 unspecified atom stereocenters. The Morgan fingerprint density at radius 1 is 0.929 bits per heavy atom. The maximum atomic E-state index is 13.3. The van der Waals surface area contributed by atoms with E-state index >= 15 is 0 Å². The number of carbonyl (C=O) groups is 1. The van der Waals surface area contributed by atoms with Gasteiger partial charge in [0.05, 0.1) is 5.41 Å². The number of likely N-dealkylation sites (N-methyl/N-ethyl adjacent to an activating group) is 1. The van der Waals surface area contributed by atoms with Crippen molar-refractivity contribution in [2.75, 3.05) is 43.4 Å². The lowest BCUT2D eigenvalue weighted by Gasteiger charge is -2.34. The monoisotopic (exact) mass is 397 g/mol. The largest absolute Gasteiger partial charge is 0.369 e. The van der Waals surface area contributed by atoms with Gasteiger partial charge in [0.15, 0.2) is 0 Å². The van der Waals surface area contributed by atoms with Crippen LogP contribution in [0.2, 0.25) is 5.02 Å². The molecule has 0 radical (unpaired) electrons. The predicted octanol–water partition coefficient (Wildman–Crippen LogP) is 4.54. The number of anilines is 2. The normalized spacial score (nSPS) is 19.6. The minimum atomic E-state index is -0.444. The number of benzene rings is 2. The first-order chi connectivity index (χ1) is 13.6. The Labute approximate surface area is 172 Å². The molecule has 1 saturated heterocycles. The molecule has 4 rings (SSSR count). The molecule has 148 valence electrons. The Morgan fingerprint density at radius 2 is 1.54 bits per heavy atom. The molecule has 0 atom stereocenters. The molecule has 4 nitrogen and oxygen atoms in total. The van der Waals surface area contributed by atoms with Gasteiger partial charge in [-0.05, 0) is 61.9 Å². The molecular weight excluding hydrogens is 370 g/mol. The summed E-state index contributed by atoms with van der Waals surface area (Å²) in [4.78, 5) is 18.0. The average Bonchev–Trinajstić information content (AvgIpc) is 3.21. The molecular formula is C23H28ClN3O. The van der Waals surface area contributed by atoms with E-state index in [-0.39, 0.29) is 5.91 Å². The number of amides is 1. The first-order valence-corrected chi connectivity index (χ1v) is 10.6. The number of halogens is 1. The van der Waals surface area contributed by atoms with Crippen LogP contribution in [0.5, 0.6) is 0 Å². The highest BCUT2D eigenvalue weighted by molar-refractivity contribution is 6.30. The van der Waals surface area contributed by atoms with Crippen LogP contribution < -0.4 is 10.2 Å². The zero-order valence-electron chi connectivity index (χ0n) is 16.5. The van der Waals surface area contributed by atoms with E-state index in [1.807, 2.05) is 36.4 Å². The first kappa shape index (κ1) is 19.3. The molecule has 1 N–H and O–H groups in total. The predicted molar refractivity (Wildman–Crippen MR) is 116 cm³/mol. The third-order valence-corrected chi connectivity index (χ3v) is 6.53. The van der Waals surface area contributed by atoms with Gasteiger partial charge in [0.1, 0.15) is 0 Å². The first-order valence-electron chi connectivity index (χ1n) is 10.2. The van der Waals surface area contributed by atoms with Crippen molar-refractivity contribution in [1.29, 1.82) is 0 Å². The van der Waals surface area contributed by atoms with E-state index in [1.54, 1.807) is 0 Å². The van der Waals surface area contributed by atoms with E-state index in [1.165, 1.54) is 5.69 Å². The summed E-state index contributed by atoms with van der Waals surface area (Å²) in [6.07, 6.45) is 3.94. The SMILES string of the molecule is CN1CCN(c2ccc(NC(=O)C3(c4ccc(Cl)cc4)CCCC3)cc2)CC1. The summed E-state index contributed by atoms with van der Waals surface area (Å²) in [5, 5.41) is 3.88. The van der Waals surface area contributed by atoms with Crippen molar-refractivity contribution in [3.05, 3.63) is 59.1 Å². The molecule has 1 aliphatic carbocycles. The number of piperazine rings is 1. The smallest absolute Gasteiger partial charge is 0.235 e. The molecule has 2 aliphatic rings. The Balaban J connectivity index is 1.48. The quantitative estimate of drug-likeness (QED) is 0.822. The third kappa shape index (κ3) is 3.89. The third-order valence-electron chi connectivity index (χ3n) is 6.28. The lowest BCUT2D eigenvalue weighted by atomic mass is 9.78. The summed E-state index contributed by atoms with van der Waals surface area (Å²) >= 11 is 6.05. The summed E-state index contributed by atoms with van der Waals surface area (Å²) in [7, 11) is 2.16. The van der Waals surface area contributed by atoms with Crippen molar-refractivity contribution in [2.24, 2.45) is 0 Å². The van der Waals surface area contributed by atoms with Crippen LogP contribution in [0.15, 0.2) is 48.5 Å². The van der Waals surface area contributed by atoms with Gasteiger partial charge in [-0.3, -0.25) is 4.79 Å². The Morgan fingerprint density at radius 3 is 2.14 bits per heavy atom. The van der Waals surface area contributed by atoms with Gasteiger partial charge in [-0.25, -0.2) is 0 Å². The highest BCUT2D eigenvalue weighted by Gasteiger charge is 2.42. The molecule has 1 heterocycles.